The van der Waals surface area contributed by atoms with E-state index in [4.69, 9.17) is 5.73 Å². The number of primary amides is 1. The van der Waals surface area contributed by atoms with Crippen LogP contribution in [0.5, 0.6) is 0 Å². The highest BCUT2D eigenvalue weighted by atomic mass is 32.1. The number of hydrogen-bond donors (Lipinski definition) is 4. The lowest BCUT2D eigenvalue weighted by molar-refractivity contribution is 0.0996. The molecule has 0 saturated heterocycles. The molecule has 3 amide bonds. The molecule has 11 heteroatoms. The number of anilines is 3. The van der Waals surface area contributed by atoms with Crippen molar-refractivity contribution in [2.24, 2.45) is 5.73 Å². The van der Waals surface area contributed by atoms with E-state index in [9.17, 15) is 9.59 Å². The summed E-state index contributed by atoms with van der Waals surface area (Å²) in [6.45, 7) is 1.89. The number of carbonyl (C=O) groups is 2. The Kier molecular flexibility index (Phi) is 6.47. The number of hydrogen-bond acceptors (Lipinski definition) is 8. The highest BCUT2D eigenvalue weighted by Gasteiger charge is 2.23. The summed E-state index contributed by atoms with van der Waals surface area (Å²) < 4.78 is 4.21. The minimum absolute atomic E-state index is 0.0664. The van der Waals surface area contributed by atoms with Crippen LogP contribution < -0.4 is 21.7 Å². The Morgan fingerprint density at radius 1 is 1.21 bits per heavy atom. The molecule has 1 saturated carbocycles. The molecule has 2 heterocycles. The lowest BCUT2D eigenvalue weighted by Gasteiger charge is -2.30. The standard InChI is InChI=1S/C18H26N8O2S/c1-10-8-14(29-25-10)24-17-15(16(19)27)20-9-13(23-17)21-11-4-6-12(7-5-11)22-18(28)26(2)3/h8-9,11-12H,4-7H2,1-3H3,(H2,19,27)(H,22,28)(H2,21,23,24). The Hall–Kier alpha value is -2.95. The predicted octanol–water partition coefficient (Wildman–Crippen LogP) is 2.08. The third-order valence-corrected chi connectivity index (χ3v) is 5.48. The van der Waals surface area contributed by atoms with Crippen molar-refractivity contribution in [2.45, 2.75) is 44.7 Å². The van der Waals surface area contributed by atoms with Gasteiger partial charge in [-0.25, -0.2) is 14.8 Å². The minimum atomic E-state index is -0.648. The van der Waals surface area contributed by atoms with Gasteiger partial charge in [-0.2, -0.15) is 4.37 Å². The van der Waals surface area contributed by atoms with Gasteiger partial charge < -0.3 is 26.6 Å². The summed E-state index contributed by atoms with van der Waals surface area (Å²) in [7, 11) is 3.46. The Labute approximate surface area is 173 Å². The van der Waals surface area contributed by atoms with Crippen LogP contribution in [0.3, 0.4) is 0 Å². The van der Waals surface area contributed by atoms with Crippen LogP contribution >= 0.6 is 11.5 Å². The van der Waals surface area contributed by atoms with Gasteiger partial charge in [0.25, 0.3) is 5.91 Å². The Morgan fingerprint density at radius 3 is 2.48 bits per heavy atom. The van der Waals surface area contributed by atoms with E-state index in [0.717, 1.165) is 36.4 Å². The maximum absolute atomic E-state index is 11.8. The average molecular weight is 419 g/mol. The number of aryl methyl sites for hydroxylation is 1. The van der Waals surface area contributed by atoms with Gasteiger partial charge in [-0.3, -0.25) is 4.79 Å². The topological polar surface area (TPSA) is 138 Å². The van der Waals surface area contributed by atoms with Gasteiger partial charge >= 0.3 is 6.03 Å². The minimum Gasteiger partial charge on any atom is -0.366 e. The molecule has 0 spiro atoms. The molecule has 1 fully saturated rings. The normalized spacial score (nSPS) is 18.7. The summed E-state index contributed by atoms with van der Waals surface area (Å²) in [4.78, 5) is 33.7. The summed E-state index contributed by atoms with van der Waals surface area (Å²) in [5.74, 6) is 0.225. The lowest BCUT2D eigenvalue weighted by Crippen LogP contribution is -2.44. The fraction of sp³-hybridized carbons (Fsp3) is 0.500. The lowest BCUT2D eigenvalue weighted by atomic mass is 9.91. The molecule has 0 bridgehead atoms. The van der Waals surface area contributed by atoms with E-state index in [1.54, 1.807) is 19.0 Å². The molecule has 1 aliphatic rings. The van der Waals surface area contributed by atoms with E-state index >= 15 is 0 Å². The number of carbonyl (C=O) groups excluding carboxylic acids is 2. The molecule has 10 nitrogen and oxygen atoms in total. The number of urea groups is 1. The van der Waals surface area contributed by atoms with Gasteiger partial charge in [0.05, 0.1) is 11.9 Å². The van der Waals surface area contributed by atoms with E-state index in [1.807, 2.05) is 13.0 Å². The third-order valence-electron chi connectivity index (χ3n) is 4.69. The zero-order valence-electron chi connectivity index (χ0n) is 16.7. The molecule has 2 aromatic rings. The second kappa shape index (κ2) is 9.03. The van der Waals surface area contributed by atoms with Crippen LogP contribution in [0, 0.1) is 6.92 Å². The molecule has 156 valence electrons. The van der Waals surface area contributed by atoms with Crippen LogP contribution in [-0.2, 0) is 0 Å². The van der Waals surface area contributed by atoms with Gasteiger partial charge in [0.1, 0.15) is 10.8 Å². The van der Waals surface area contributed by atoms with E-state index in [-0.39, 0.29) is 23.8 Å². The summed E-state index contributed by atoms with van der Waals surface area (Å²) in [6, 6.07) is 2.19. The third kappa shape index (κ3) is 5.53. The monoisotopic (exact) mass is 418 g/mol. The highest BCUT2D eigenvalue weighted by molar-refractivity contribution is 7.10. The SMILES string of the molecule is Cc1cc(Nc2nc(NC3CCC(NC(=O)N(C)C)CC3)cnc2C(N)=O)sn1. The number of rotatable bonds is 6. The van der Waals surface area contributed by atoms with Crippen molar-refractivity contribution in [1.82, 2.24) is 24.6 Å². The van der Waals surface area contributed by atoms with Crippen molar-refractivity contribution in [1.29, 1.82) is 0 Å². The van der Waals surface area contributed by atoms with E-state index in [1.165, 1.54) is 17.7 Å². The quantitative estimate of drug-likeness (QED) is 0.563. The zero-order chi connectivity index (χ0) is 21.0. The molecule has 2 aromatic heterocycles. The number of amides is 3. The van der Waals surface area contributed by atoms with Crippen LogP contribution in [0.2, 0.25) is 0 Å². The predicted molar refractivity (Wildman–Crippen MR) is 113 cm³/mol. The van der Waals surface area contributed by atoms with Crippen LogP contribution in [0.25, 0.3) is 0 Å². The van der Waals surface area contributed by atoms with Gasteiger partial charge in [0.2, 0.25) is 0 Å². The second-order valence-electron chi connectivity index (χ2n) is 7.31. The van der Waals surface area contributed by atoms with Gasteiger partial charge in [0, 0.05) is 26.2 Å². The first-order valence-corrected chi connectivity index (χ1v) is 10.2. The van der Waals surface area contributed by atoms with Gasteiger partial charge in [-0.15, -0.1) is 0 Å². The first-order chi connectivity index (χ1) is 13.8. The molecule has 0 radical (unpaired) electrons. The fourth-order valence-electron chi connectivity index (χ4n) is 3.16. The molecule has 3 rings (SSSR count). The Balaban J connectivity index is 1.63. The molecule has 0 unspecified atom stereocenters. The van der Waals surface area contributed by atoms with Gasteiger partial charge in [-0.05, 0) is 50.2 Å². The van der Waals surface area contributed by atoms with Crippen molar-refractivity contribution >= 4 is 40.1 Å². The highest BCUT2D eigenvalue weighted by Crippen LogP contribution is 2.25. The van der Waals surface area contributed by atoms with Crippen LogP contribution in [0.15, 0.2) is 12.3 Å². The summed E-state index contributed by atoms with van der Waals surface area (Å²) in [5, 5.41) is 10.2. The maximum atomic E-state index is 11.8. The van der Waals surface area contributed by atoms with Crippen molar-refractivity contribution in [3.8, 4) is 0 Å². The second-order valence-corrected chi connectivity index (χ2v) is 8.12. The van der Waals surface area contributed by atoms with E-state index in [2.05, 4.69) is 30.3 Å². The van der Waals surface area contributed by atoms with Crippen LogP contribution in [0.1, 0.15) is 41.9 Å². The van der Waals surface area contributed by atoms with E-state index < -0.39 is 5.91 Å². The summed E-state index contributed by atoms with van der Waals surface area (Å²) >= 11 is 1.27. The van der Waals surface area contributed by atoms with E-state index in [0.29, 0.717) is 11.6 Å². The number of nitrogens with two attached hydrogens (primary N) is 1. The molecular formula is C18H26N8O2S. The molecule has 29 heavy (non-hydrogen) atoms. The number of nitrogens with one attached hydrogen (secondary N) is 3. The first kappa shape index (κ1) is 20.8. The molecule has 5 N–H and O–H groups in total. The molecule has 0 atom stereocenters. The first-order valence-electron chi connectivity index (χ1n) is 9.43. The summed E-state index contributed by atoms with van der Waals surface area (Å²) in [5.41, 5.74) is 6.39. The Morgan fingerprint density at radius 2 is 1.90 bits per heavy atom. The average Bonchev–Trinajstić information content (AvgIpc) is 3.08. The maximum Gasteiger partial charge on any atom is 0.317 e. The van der Waals surface area contributed by atoms with Crippen molar-refractivity contribution in [3.05, 3.63) is 23.7 Å². The fourth-order valence-corrected chi connectivity index (χ4v) is 3.82. The van der Waals surface area contributed by atoms with Gasteiger partial charge in [-0.1, -0.05) is 0 Å². The molecular weight excluding hydrogens is 392 g/mol. The van der Waals surface area contributed by atoms with Crippen molar-refractivity contribution in [2.75, 3.05) is 24.7 Å². The van der Waals surface area contributed by atoms with Crippen LogP contribution in [0.4, 0.5) is 21.4 Å². The number of nitrogens with zero attached hydrogens (tertiary/aromatic N) is 4. The largest absolute Gasteiger partial charge is 0.366 e. The van der Waals surface area contributed by atoms with Crippen molar-refractivity contribution in [3.63, 3.8) is 0 Å². The van der Waals surface area contributed by atoms with Crippen LogP contribution in [-0.4, -0.2) is 57.4 Å². The number of aromatic nitrogens is 3. The van der Waals surface area contributed by atoms with Gasteiger partial charge in [0.15, 0.2) is 11.5 Å². The van der Waals surface area contributed by atoms with Crippen molar-refractivity contribution < 1.29 is 9.59 Å². The smallest absolute Gasteiger partial charge is 0.317 e. The Bertz CT molecular complexity index is 876. The molecule has 0 aromatic carbocycles. The molecule has 0 aliphatic heterocycles. The molecule has 1 aliphatic carbocycles. The summed E-state index contributed by atoms with van der Waals surface area (Å²) in [6.07, 6.45) is 5.08. The zero-order valence-corrected chi connectivity index (χ0v) is 17.5.